The predicted molar refractivity (Wildman–Crippen MR) is 77.6 cm³/mol. The average Bonchev–Trinajstić information content (AvgIpc) is 2.95. The summed E-state index contributed by atoms with van der Waals surface area (Å²) >= 11 is 4.95. The molecule has 0 fully saturated rings. The molecule has 0 spiro atoms. The molecule has 2 aromatic heterocycles. The molecule has 2 aromatic rings. The molecule has 4 nitrogen and oxygen atoms in total. The van der Waals surface area contributed by atoms with E-state index in [0.29, 0.717) is 5.82 Å². The highest BCUT2D eigenvalue weighted by Gasteiger charge is 2.05. The number of nitrogens with one attached hydrogen (secondary N) is 2. The molecule has 0 aliphatic rings. The van der Waals surface area contributed by atoms with Crippen molar-refractivity contribution >= 4 is 45.1 Å². The number of nitrogens with zero attached hydrogens (tertiary/aromatic N) is 1. The van der Waals surface area contributed by atoms with Crippen molar-refractivity contribution in [2.45, 2.75) is 13.3 Å². The van der Waals surface area contributed by atoms with Crippen LogP contribution in [0.1, 0.15) is 17.4 Å². The predicted octanol–water partition coefficient (Wildman–Crippen LogP) is 3.45. The minimum absolute atomic E-state index is 0.168. The Kier molecular flexibility index (Phi) is 4.33. The van der Waals surface area contributed by atoms with Crippen molar-refractivity contribution in [1.82, 2.24) is 10.2 Å². The van der Waals surface area contributed by atoms with Gasteiger partial charge in [0.2, 0.25) is 5.91 Å². The molecule has 0 aliphatic carbocycles. The van der Waals surface area contributed by atoms with Crippen molar-refractivity contribution in [2.75, 3.05) is 5.32 Å². The van der Waals surface area contributed by atoms with E-state index in [2.05, 4.69) is 31.4 Å². The number of amides is 1. The Morgan fingerprint density at radius 3 is 3.11 bits per heavy atom. The van der Waals surface area contributed by atoms with E-state index in [0.717, 1.165) is 20.6 Å². The third kappa shape index (κ3) is 3.30. The van der Waals surface area contributed by atoms with Crippen LogP contribution in [0.3, 0.4) is 0 Å². The van der Waals surface area contributed by atoms with Crippen LogP contribution in [0, 0.1) is 0 Å². The summed E-state index contributed by atoms with van der Waals surface area (Å²) in [5.74, 6) is 0.498. The molecule has 94 valence electrons. The maximum atomic E-state index is 11.7. The first kappa shape index (κ1) is 13.0. The molecule has 0 unspecified atom stereocenters. The van der Waals surface area contributed by atoms with Gasteiger partial charge in [-0.25, -0.2) is 0 Å². The van der Waals surface area contributed by atoms with Crippen molar-refractivity contribution < 1.29 is 4.79 Å². The fourth-order valence-corrected chi connectivity index (χ4v) is 2.75. The fraction of sp³-hybridized carbons (Fsp3) is 0.167. The van der Waals surface area contributed by atoms with Gasteiger partial charge >= 0.3 is 0 Å². The molecular formula is C12H12BrN3OS. The summed E-state index contributed by atoms with van der Waals surface area (Å²) in [5, 5.41) is 9.44. The summed E-state index contributed by atoms with van der Waals surface area (Å²) in [6, 6.07) is 3.90. The van der Waals surface area contributed by atoms with Crippen molar-refractivity contribution in [3.63, 3.8) is 0 Å². The summed E-state index contributed by atoms with van der Waals surface area (Å²) in [7, 11) is 0. The van der Waals surface area contributed by atoms with E-state index in [4.69, 9.17) is 0 Å². The molecule has 2 rings (SSSR count). The first-order valence-electron chi connectivity index (χ1n) is 5.45. The molecule has 0 saturated heterocycles. The molecule has 0 bridgehead atoms. The topological polar surface area (TPSA) is 57.8 Å². The molecule has 2 N–H and O–H groups in total. The summed E-state index contributed by atoms with van der Waals surface area (Å²) < 4.78 is 1.05. The zero-order valence-electron chi connectivity index (χ0n) is 9.74. The third-order valence-electron chi connectivity index (χ3n) is 2.34. The maximum absolute atomic E-state index is 11.7. The lowest BCUT2D eigenvalue weighted by Gasteiger charge is -2.00. The molecule has 0 saturated carbocycles. The van der Waals surface area contributed by atoms with E-state index in [1.807, 2.05) is 19.1 Å². The van der Waals surface area contributed by atoms with Gasteiger partial charge in [0, 0.05) is 16.5 Å². The van der Waals surface area contributed by atoms with Gasteiger partial charge in [-0.05, 0) is 40.6 Å². The zero-order chi connectivity index (χ0) is 13.0. The van der Waals surface area contributed by atoms with Gasteiger partial charge in [-0.1, -0.05) is 6.92 Å². The second kappa shape index (κ2) is 5.97. The van der Waals surface area contributed by atoms with E-state index < -0.39 is 0 Å². The van der Waals surface area contributed by atoms with Crippen LogP contribution in [0.4, 0.5) is 5.82 Å². The number of halogens is 1. The molecule has 18 heavy (non-hydrogen) atoms. The Balaban J connectivity index is 1.99. The number of thiophene rings is 1. The third-order valence-corrected chi connectivity index (χ3v) is 3.93. The van der Waals surface area contributed by atoms with Crippen LogP contribution in [0.2, 0.25) is 0 Å². The largest absolute Gasteiger partial charge is 0.307 e. The van der Waals surface area contributed by atoms with Crippen LogP contribution in [-0.2, 0) is 11.2 Å². The highest BCUT2D eigenvalue weighted by atomic mass is 79.9. The van der Waals surface area contributed by atoms with Crippen molar-refractivity contribution in [3.05, 3.63) is 38.6 Å². The van der Waals surface area contributed by atoms with Crippen molar-refractivity contribution in [2.24, 2.45) is 0 Å². The van der Waals surface area contributed by atoms with Gasteiger partial charge in [-0.2, -0.15) is 5.10 Å². The Morgan fingerprint density at radius 1 is 1.61 bits per heavy atom. The highest BCUT2D eigenvalue weighted by Crippen LogP contribution is 2.23. The number of aryl methyl sites for hydroxylation is 1. The maximum Gasteiger partial charge on any atom is 0.249 e. The molecule has 0 aromatic carbocycles. The van der Waals surface area contributed by atoms with Gasteiger partial charge in [0.25, 0.3) is 0 Å². The van der Waals surface area contributed by atoms with Crippen LogP contribution < -0.4 is 5.32 Å². The molecule has 1 amide bonds. The van der Waals surface area contributed by atoms with Crippen LogP contribution in [0.15, 0.2) is 28.2 Å². The van der Waals surface area contributed by atoms with E-state index in [-0.39, 0.29) is 5.91 Å². The van der Waals surface area contributed by atoms with E-state index >= 15 is 0 Å². The van der Waals surface area contributed by atoms with E-state index in [1.54, 1.807) is 23.6 Å². The van der Waals surface area contributed by atoms with E-state index in [9.17, 15) is 4.79 Å². The van der Waals surface area contributed by atoms with Gasteiger partial charge in [0.15, 0.2) is 0 Å². The second-order valence-corrected chi connectivity index (χ2v) is 6.08. The monoisotopic (exact) mass is 325 g/mol. The summed E-state index contributed by atoms with van der Waals surface area (Å²) in [6.45, 7) is 2.01. The molecule has 6 heteroatoms. The van der Waals surface area contributed by atoms with Crippen LogP contribution in [0.5, 0.6) is 0 Å². The van der Waals surface area contributed by atoms with Crippen LogP contribution >= 0.6 is 27.3 Å². The SMILES string of the molecule is CCc1cn[nH]c1NC(=O)/C=C/c1ccc(Br)s1. The Labute approximate surface area is 117 Å². The van der Waals surface area contributed by atoms with E-state index in [1.165, 1.54) is 6.08 Å². The number of carbonyl (C=O) groups is 1. The van der Waals surface area contributed by atoms with Crippen molar-refractivity contribution in [1.29, 1.82) is 0 Å². The second-order valence-electron chi connectivity index (χ2n) is 3.59. The summed E-state index contributed by atoms with van der Waals surface area (Å²) in [5.41, 5.74) is 0.996. The quantitative estimate of drug-likeness (QED) is 0.846. The molecule has 0 radical (unpaired) electrons. The standard InChI is InChI=1S/C12H12BrN3OS/c1-2-8-7-14-16-12(8)15-11(17)6-4-9-3-5-10(13)18-9/h3-7H,2H2,1H3,(H2,14,15,16,17)/b6-4+. The summed E-state index contributed by atoms with van der Waals surface area (Å²) in [6.07, 6.45) is 5.84. The number of H-pyrrole nitrogens is 1. The molecule has 2 heterocycles. The van der Waals surface area contributed by atoms with Gasteiger partial charge < -0.3 is 5.32 Å². The lowest BCUT2D eigenvalue weighted by molar-refractivity contribution is -0.111. The Bertz CT molecular complexity index is 573. The van der Waals surface area contributed by atoms with Gasteiger partial charge in [0.1, 0.15) is 5.82 Å². The number of aromatic amines is 1. The minimum Gasteiger partial charge on any atom is -0.307 e. The molecule has 0 aliphatic heterocycles. The minimum atomic E-state index is -0.168. The number of hydrogen-bond donors (Lipinski definition) is 2. The zero-order valence-corrected chi connectivity index (χ0v) is 12.1. The van der Waals surface area contributed by atoms with Gasteiger partial charge in [-0.15, -0.1) is 11.3 Å². The lowest BCUT2D eigenvalue weighted by Crippen LogP contribution is -2.09. The summed E-state index contributed by atoms with van der Waals surface area (Å²) in [4.78, 5) is 12.7. The smallest absolute Gasteiger partial charge is 0.249 e. The van der Waals surface area contributed by atoms with Crippen LogP contribution in [-0.4, -0.2) is 16.1 Å². The Morgan fingerprint density at radius 2 is 2.44 bits per heavy atom. The van der Waals surface area contributed by atoms with Gasteiger partial charge in [0.05, 0.1) is 9.98 Å². The number of hydrogen-bond acceptors (Lipinski definition) is 3. The highest BCUT2D eigenvalue weighted by molar-refractivity contribution is 9.11. The number of rotatable bonds is 4. The molecular weight excluding hydrogens is 314 g/mol. The van der Waals surface area contributed by atoms with Crippen molar-refractivity contribution in [3.8, 4) is 0 Å². The Hall–Kier alpha value is -1.40. The van der Waals surface area contributed by atoms with Gasteiger partial charge in [-0.3, -0.25) is 9.89 Å². The average molecular weight is 326 g/mol. The first-order chi connectivity index (χ1) is 8.69. The number of aromatic nitrogens is 2. The van der Waals surface area contributed by atoms with Crippen LogP contribution in [0.25, 0.3) is 6.08 Å². The number of carbonyl (C=O) groups excluding carboxylic acids is 1. The fourth-order valence-electron chi connectivity index (χ4n) is 1.43. The number of anilines is 1. The first-order valence-corrected chi connectivity index (χ1v) is 7.06. The molecule has 0 atom stereocenters. The lowest BCUT2D eigenvalue weighted by atomic mass is 10.2. The normalized spacial score (nSPS) is 11.0.